The Labute approximate surface area is 158 Å². The summed E-state index contributed by atoms with van der Waals surface area (Å²) in [6.07, 6.45) is 4.73. The third-order valence-corrected chi connectivity index (χ3v) is 5.20. The molecule has 0 spiro atoms. The topological polar surface area (TPSA) is 61.7 Å². The molecule has 4 heteroatoms. The molecule has 0 radical (unpaired) electrons. The van der Waals surface area contributed by atoms with Crippen molar-refractivity contribution >= 4 is 22.4 Å². The van der Waals surface area contributed by atoms with Crippen LogP contribution in [0, 0.1) is 0 Å². The number of hydrogen-bond donors (Lipinski definition) is 2. The Balaban J connectivity index is 1.55. The molecule has 0 saturated heterocycles. The monoisotopic (exact) mass is 358 g/mol. The largest absolute Gasteiger partial charge is 0.507 e. The Bertz CT molecular complexity index is 1050. The maximum Gasteiger partial charge on any atom is 0.275 e. The van der Waals surface area contributed by atoms with E-state index in [1.807, 2.05) is 31.2 Å². The van der Waals surface area contributed by atoms with Crippen LogP contribution in [0.25, 0.3) is 10.8 Å². The van der Waals surface area contributed by atoms with Gasteiger partial charge in [0.25, 0.3) is 5.91 Å². The highest BCUT2D eigenvalue weighted by Crippen LogP contribution is 2.25. The molecule has 0 atom stereocenters. The molecule has 0 unspecified atom stereocenters. The molecule has 2 N–H and O–H groups in total. The summed E-state index contributed by atoms with van der Waals surface area (Å²) in [5.41, 5.74) is 7.35. The van der Waals surface area contributed by atoms with E-state index >= 15 is 0 Å². The second-order valence-electron chi connectivity index (χ2n) is 7.05. The van der Waals surface area contributed by atoms with Gasteiger partial charge in [0.2, 0.25) is 0 Å². The minimum Gasteiger partial charge on any atom is -0.507 e. The maximum absolute atomic E-state index is 12.5. The van der Waals surface area contributed by atoms with Crippen molar-refractivity contribution in [3.05, 3.63) is 76.9 Å². The molecule has 3 aromatic rings. The van der Waals surface area contributed by atoms with Crippen molar-refractivity contribution in [2.24, 2.45) is 5.10 Å². The number of amides is 1. The van der Waals surface area contributed by atoms with Gasteiger partial charge < -0.3 is 5.11 Å². The first kappa shape index (κ1) is 17.3. The first-order chi connectivity index (χ1) is 13.1. The summed E-state index contributed by atoms with van der Waals surface area (Å²) >= 11 is 0. The molecule has 0 saturated carbocycles. The second kappa shape index (κ2) is 7.23. The standard InChI is InChI=1S/C23H22N2O2/c1-15(17-11-10-16-6-2-3-7-18(16)12-17)24-25-23(27)21-13-19-8-4-5-9-20(19)14-22(21)26/h4-5,8-14,26H,2-3,6-7H2,1H3,(H,25,27)/b24-15-. The van der Waals surface area contributed by atoms with Crippen molar-refractivity contribution in [2.75, 3.05) is 0 Å². The summed E-state index contributed by atoms with van der Waals surface area (Å²) < 4.78 is 0. The number of nitrogens with one attached hydrogen (secondary N) is 1. The first-order valence-electron chi connectivity index (χ1n) is 9.30. The molecule has 3 aromatic carbocycles. The number of hydrogen-bond acceptors (Lipinski definition) is 3. The predicted molar refractivity (Wildman–Crippen MR) is 108 cm³/mol. The Hall–Kier alpha value is -3.14. The summed E-state index contributed by atoms with van der Waals surface area (Å²) in [7, 11) is 0. The fourth-order valence-corrected chi connectivity index (χ4v) is 3.63. The highest BCUT2D eigenvalue weighted by Gasteiger charge is 2.13. The van der Waals surface area contributed by atoms with Crippen molar-refractivity contribution in [3.8, 4) is 5.75 Å². The van der Waals surface area contributed by atoms with Crippen molar-refractivity contribution in [1.29, 1.82) is 0 Å². The highest BCUT2D eigenvalue weighted by molar-refractivity contribution is 6.03. The molecule has 1 aliphatic rings. The van der Waals surface area contributed by atoms with E-state index in [1.54, 1.807) is 12.1 Å². The normalized spacial score (nSPS) is 14.0. The smallest absolute Gasteiger partial charge is 0.275 e. The van der Waals surface area contributed by atoms with Gasteiger partial charge in [0.1, 0.15) is 5.75 Å². The van der Waals surface area contributed by atoms with E-state index in [2.05, 4.69) is 28.7 Å². The molecule has 0 aromatic heterocycles. The lowest BCUT2D eigenvalue weighted by Crippen LogP contribution is -2.19. The van der Waals surface area contributed by atoms with Crippen LogP contribution in [0.4, 0.5) is 0 Å². The number of aryl methyl sites for hydroxylation is 2. The highest BCUT2D eigenvalue weighted by atomic mass is 16.3. The van der Waals surface area contributed by atoms with Crippen LogP contribution >= 0.6 is 0 Å². The third kappa shape index (κ3) is 3.56. The Kier molecular flexibility index (Phi) is 4.63. The molecule has 1 aliphatic carbocycles. The average Bonchev–Trinajstić information content (AvgIpc) is 2.70. The van der Waals surface area contributed by atoms with E-state index in [1.165, 1.54) is 24.0 Å². The lowest BCUT2D eigenvalue weighted by molar-refractivity contribution is 0.0952. The van der Waals surface area contributed by atoms with Crippen LogP contribution in [0.5, 0.6) is 5.75 Å². The summed E-state index contributed by atoms with van der Waals surface area (Å²) in [4.78, 5) is 12.5. The SMILES string of the molecule is C/C(=N/NC(=O)c1cc2ccccc2cc1O)c1ccc2c(c1)CCCC2. The van der Waals surface area contributed by atoms with E-state index in [0.717, 1.165) is 34.9 Å². The zero-order valence-electron chi connectivity index (χ0n) is 15.3. The van der Waals surface area contributed by atoms with Gasteiger partial charge in [-0.15, -0.1) is 0 Å². The van der Waals surface area contributed by atoms with Gasteiger partial charge in [0.05, 0.1) is 11.3 Å². The molecule has 4 nitrogen and oxygen atoms in total. The van der Waals surface area contributed by atoms with Crippen LogP contribution in [-0.4, -0.2) is 16.7 Å². The quantitative estimate of drug-likeness (QED) is 0.532. The van der Waals surface area contributed by atoms with Gasteiger partial charge in [-0.1, -0.05) is 36.4 Å². The zero-order chi connectivity index (χ0) is 18.8. The Morgan fingerprint density at radius 3 is 2.44 bits per heavy atom. The van der Waals surface area contributed by atoms with Crippen LogP contribution in [0.1, 0.15) is 46.8 Å². The molecule has 0 bridgehead atoms. The maximum atomic E-state index is 12.5. The van der Waals surface area contributed by atoms with Crippen molar-refractivity contribution < 1.29 is 9.90 Å². The van der Waals surface area contributed by atoms with Crippen LogP contribution < -0.4 is 5.43 Å². The predicted octanol–water partition coefficient (Wildman–Crippen LogP) is 4.58. The number of phenols is 1. The van der Waals surface area contributed by atoms with Crippen LogP contribution in [-0.2, 0) is 12.8 Å². The van der Waals surface area contributed by atoms with Gasteiger partial charge in [0, 0.05) is 0 Å². The number of carbonyl (C=O) groups is 1. The fraction of sp³-hybridized carbons (Fsp3) is 0.217. The number of phenolic OH excluding ortho intramolecular Hbond substituents is 1. The van der Waals surface area contributed by atoms with Gasteiger partial charge in [-0.05, 0) is 78.3 Å². The van der Waals surface area contributed by atoms with Crippen LogP contribution in [0.15, 0.2) is 59.7 Å². The summed E-state index contributed by atoms with van der Waals surface area (Å²) in [5, 5.41) is 16.2. The van der Waals surface area contributed by atoms with Crippen LogP contribution in [0.2, 0.25) is 0 Å². The molecule has 4 rings (SSSR count). The summed E-state index contributed by atoms with van der Waals surface area (Å²) in [5.74, 6) is -0.469. The van der Waals surface area contributed by atoms with Crippen molar-refractivity contribution in [1.82, 2.24) is 5.43 Å². The van der Waals surface area contributed by atoms with Gasteiger partial charge >= 0.3 is 0 Å². The number of fused-ring (bicyclic) bond motifs is 2. The van der Waals surface area contributed by atoms with E-state index in [-0.39, 0.29) is 11.3 Å². The summed E-state index contributed by atoms with van der Waals surface area (Å²) in [6, 6.07) is 17.3. The van der Waals surface area contributed by atoms with Gasteiger partial charge in [-0.25, -0.2) is 5.43 Å². The number of benzene rings is 3. The van der Waals surface area contributed by atoms with E-state index < -0.39 is 5.91 Å². The molecular formula is C23H22N2O2. The minimum absolute atomic E-state index is 0.0483. The molecular weight excluding hydrogens is 336 g/mol. The lowest BCUT2D eigenvalue weighted by Gasteiger charge is -2.16. The Morgan fingerprint density at radius 1 is 0.963 bits per heavy atom. The van der Waals surface area contributed by atoms with E-state index in [0.29, 0.717) is 0 Å². The van der Waals surface area contributed by atoms with Crippen LogP contribution in [0.3, 0.4) is 0 Å². The molecule has 27 heavy (non-hydrogen) atoms. The van der Waals surface area contributed by atoms with Gasteiger partial charge in [-0.3, -0.25) is 4.79 Å². The second-order valence-corrected chi connectivity index (χ2v) is 7.05. The van der Waals surface area contributed by atoms with Gasteiger partial charge in [0.15, 0.2) is 0 Å². The van der Waals surface area contributed by atoms with Crippen molar-refractivity contribution in [2.45, 2.75) is 32.6 Å². The molecule has 136 valence electrons. The Morgan fingerprint density at radius 2 is 1.67 bits per heavy atom. The number of nitrogens with zero attached hydrogens (tertiary/aromatic N) is 1. The molecule has 1 amide bonds. The number of hydrazone groups is 1. The van der Waals surface area contributed by atoms with E-state index in [9.17, 15) is 9.90 Å². The molecule has 0 heterocycles. The average molecular weight is 358 g/mol. The minimum atomic E-state index is -0.421. The molecule has 0 aliphatic heterocycles. The number of aromatic hydroxyl groups is 1. The zero-order valence-corrected chi connectivity index (χ0v) is 15.3. The number of carbonyl (C=O) groups excluding carboxylic acids is 1. The third-order valence-electron chi connectivity index (χ3n) is 5.20. The lowest BCUT2D eigenvalue weighted by atomic mass is 9.90. The fourth-order valence-electron chi connectivity index (χ4n) is 3.63. The first-order valence-corrected chi connectivity index (χ1v) is 9.30. The van der Waals surface area contributed by atoms with Gasteiger partial charge in [-0.2, -0.15) is 5.10 Å². The van der Waals surface area contributed by atoms with E-state index in [4.69, 9.17) is 0 Å². The molecule has 0 fully saturated rings. The number of rotatable bonds is 3. The summed E-state index contributed by atoms with van der Waals surface area (Å²) in [6.45, 7) is 1.88. The van der Waals surface area contributed by atoms with Crippen molar-refractivity contribution in [3.63, 3.8) is 0 Å².